The van der Waals surface area contributed by atoms with E-state index in [1.807, 2.05) is 24.5 Å². The normalized spacial score (nSPS) is 12.7. The fourth-order valence-electron chi connectivity index (χ4n) is 9.69. The van der Waals surface area contributed by atoms with Crippen molar-refractivity contribution in [3.05, 3.63) is 235 Å². The molecule has 0 bridgehead atoms. The first kappa shape index (κ1) is 34.9. The molecule has 61 heavy (non-hydrogen) atoms. The molecule has 0 radical (unpaired) electrons. The van der Waals surface area contributed by atoms with Crippen LogP contribution in [0.3, 0.4) is 0 Å². The fourth-order valence-corrected chi connectivity index (χ4v) is 9.69. The maximum atomic E-state index is 5.33. The lowest BCUT2D eigenvalue weighted by Gasteiger charge is -2.35. The predicted molar refractivity (Wildman–Crippen MR) is 244 cm³/mol. The number of pyridine rings is 2. The molecule has 5 nitrogen and oxygen atoms in total. The maximum Gasteiger partial charge on any atom is 0.164 e. The lowest BCUT2D eigenvalue weighted by molar-refractivity contribution is 0.775. The topological polar surface area (TPSA) is 64.5 Å². The Labute approximate surface area is 353 Å². The maximum absolute atomic E-state index is 5.33. The predicted octanol–water partition coefficient (Wildman–Crippen LogP) is 13.0. The number of hydrogen-bond donors (Lipinski definition) is 0. The Bertz CT molecular complexity index is 3170. The molecule has 1 spiro atoms. The molecule has 12 rings (SSSR count). The summed E-state index contributed by atoms with van der Waals surface area (Å²) >= 11 is 0. The van der Waals surface area contributed by atoms with E-state index in [1.54, 1.807) is 12.4 Å². The minimum Gasteiger partial charge on any atom is -0.264 e. The zero-order valence-electron chi connectivity index (χ0n) is 32.9. The van der Waals surface area contributed by atoms with E-state index in [-0.39, 0.29) is 0 Å². The van der Waals surface area contributed by atoms with Gasteiger partial charge in [0.2, 0.25) is 0 Å². The number of rotatable bonds is 5. The molecular weight excluding hydrogens is 743 g/mol. The molecule has 0 saturated carbocycles. The van der Waals surface area contributed by atoms with E-state index < -0.39 is 5.41 Å². The van der Waals surface area contributed by atoms with Gasteiger partial charge in [-0.15, -0.1) is 0 Å². The van der Waals surface area contributed by atoms with E-state index in [4.69, 9.17) is 15.0 Å². The molecular formula is C56H35N5. The highest BCUT2D eigenvalue weighted by atomic mass is 15.0. The summed E-state index contributed by atoms with van der Waals surface area (Å²) in [7, 11) is 0. The summed E-state index contributed by atoms with van der Waals surface area (Å²) in [5.41, 5.74) is 18.5. The van der Waals surface area contributed by atoms with Gasteiger partial charge in [0.25, 0.3) is 0 Å². The Hall–Kier alpha value is -8.15. The summed E-state index contributed by atoms with van der Waals surface area (Å²) in [6.07, 6.45) is 7.35. The molecule has 0 N–H and O–H groups in total. The molecule has 284 valence electrons. The third-order valence-corrected chi connectivity index (χ3v) is 12.3. The molecule has 0 atom stereocenters. The Morgan fingerprint density at radius 3 is 1.10 bits per heavy atom. The molecule has 10 aromatic rings. The lowest BCUT2D eigenvalue weighted by atomic mass is 9.65. The van der Waals surface area contributed by atoms with Crippen LogP contribution >= 0.6 is 0 Å². The molecule has 0 unspecified atom stereocenters. The van der Waals surface area contributed by atoms with E-state index >= 15 is 0 Å². The van der Waals surface area contributed by atoms with Crippen molar-refractivity contribution in [2.24, 2.45) is 0 Å². The minimum atomic E-state index is -0.622. The number of aromatic nitrogens is 5. The van der Waals surface area contributed by atoms with Crippen molar-refractivity contribution < 1.29 is 0 Å². The van der Waals surface area contributed by atoms with Crippen LogP contribution in [0.4, 0.5) is 0 Å². The van der Waals surface area contributed by atoms with Crippen molar-refractivity contribution in [1.29, 1.82) is 0 Å². The monoisotopic (exact) mass is 777 g/mol. The van der Waals surface area contributed by atoms with Crippen molar-refractivity contribution >= 4 is 0 Å². The summed E-state index contributed by atoms with van der Waals surface area (Å²) < 4.78 is 0. The fraction of sp³-hybridized carbons (Fsp3) is 0.0179. The second-order valence-corrected chi connectivity index (χ2v) is 15.6. The second-order valence-electron chi connectivity index (χ2n) is 15.6. The Morgan fingerprint density at radius 1 is 0.262 bits per heavy atom. The van der Waals surface area contributed by atoms with Gasteiger partial charge in [0, 0.05) is 52.6 Å². The van der Waals surface area contributed by atoms with Crippen LogP contribution in [-0.2, 0) is 5.41 Å². The quantitative estimate of drug-likeness (QED) is 0.174. The van der Waals surface area contributed by atoms with Gasteiger partial charge in [-0.1, -0.05) is 158 Å². The van der Waals surface area contributed by atoms with Crippen molar-refractivity contribution in [2.75, 3.05) is 0 Å². The first-order chi connectivity index (χ1) is 30.2. The third kappa shape index (κ3) is 5.52. The van der Waals surface area contributed by atoms with E-state index in [9.17, 15) is 0 Å². The van der Waals surface area contributed by atoms with Crippen molar-refractivity contribution in [3.63, 3.8) is 0 Å². The van der Waals surface area contributed by atoms with Crippen molar-refractivity contribution in [2.45, 2.75) is 5.41 Å². The van der Waals surface area contributed by atoms with Crippen LogP contribution in [0.2, 0.25) is 0 Å². The second kappa shape index (κ2) is 14.0. The summed E-state index contributed by atoms with van der Waals surface area (Å²) in [5.74, 6) is 1.78. The van der Waals surface area contributed by atoms with Crippen LogP contribution in [0.1, 0.15) is 22.3 Å². The van der Waals surface area contributed by atoms with Crippen LogP contribution in [0.5, 0.6) is 0 Å². The van der Waals surface area contributed by atoms with Crippen LogP contribution in [0.25, 0.3) is 89.8 Å². The molecule has 5 heteroatoms. The van der Waals surface area contributed by atoms with Gasteiger partial charge in [-0.3, -0.25) is 9.97 Å². The first-order valence-corrected chi connectivity index (χ1v) is 20.6. The van der Waals surface area contributed by atoms with Gasteiger partial charge in [0.1, 0.15) is 0 Å². The van der Waals surface area contributed by atoms with Gasteiger partial charge < -0.3 is 0 Å². The summed E-state index contributed by atoms with van der Waals surface area (Å²) in [6, 6.07) is 67.3. The largest absolute Gasteiger partial charge is 0.264 e. The molecule has 3 aromatic heterocycles. The van der Waals surface area contributed by atoms with Gasteiger partial charge in [-0.05, 0) is 97.1 Å². The Morgan fingerprint density at radius 2 is 0.639 bits per heavy atom. The number of fused-ring (bicyclic) bond motifs is 12. The molecule has 0 fully saturated rings. The number of benzene rings is 7. The molecule has 0 aliphatic heterocycles. The average Bonchev–Trinajstić information content (AvgIpc) is 3.59. The number of nitrogens with zero attached hydrogens (tertiary/aromatic N) is 5. The number of hydrogen-bond acceptors (Lipinski definition) is 5. The first-order valence-electron chi connectivity index (χ1n) is 20.6. The Kier molecular flexibility index (Phi) is 8.00. The van der Waals surface area contributed by atoms with Gasteiger partial charge >= 0.3 is 0 Å². The highest BCUT2D eigenvalue weighted by Crippen LogP contribution is 2.61. The molecule has 2 aliphatic rings. The van der Waals surface area contributed by atoms with E-state index in [0.717, 1.165) is 38.9 Å². The average molecular weight is 778 g/mol. The SMILES string of the molecule is c1cncc(-c2cccc(-c3nc(-c4cccc(-c5cccnc5)c4)nc(-c4ccc5c(c4)C4(c6ccccc6-c6ccccc6-5)c5ccccc5-c5ccccc54)n3)c2)c1. The lowest BCUT2D eigenvalue weighted by Crippen LogP contribution is -2.29. The highest BCUT2D eigenvalue weighted by molar-refractivity contribution is 5.97. The van der Waals surface area contributed by atoms with Crippen molar-refractivity contribution in [3.8, 4) is 89.8 Å². The smallest absolute Gasteiger partial charge is 0.164 e. The summed E-state index contributed by atoms with van der Waals surface area (Å²) in [4.78, 5) is 24.6. The van der Waals surface area contributed by atoms with Gasteiger partial charge in [-0.25, -0.2) is 15.0 Å². The van der Waals surface area contributed by atoms with Crippen LogP contribution in [-0.4, -0.2) is 24.9 Å². The highest BCUT2D eigenvalue weighted by Gasteiger charge is 2.49. The molecule has 0 amide bonds. The third-order valence-electron chi connectivity index (χ3n) is 12.3. The van der Waals surface area contributed by atoms with E-state index in [0.29, 0.717) is 17.5 Å². The van der Waals surface area contributed by atoms with Crippen LogP contribution in [0.15, 0.2) is 213 Å². The molecule has 0 saturated heterocycles. The molecule has 7 aromatic carbocycles. The van der Waals surface area contributed by atoms with Gasteiger partial charge in [0.05, 0.1) is 5.41 Å². The molecule has 2 aliphatic carbocycles. The summed E-state index contributed by atoms with van der Waals surface area (Å²) in [6.45, 7) is 0. The summed E-state index contributed by atoms with van der Waals surface area (Å²) in [5, 5.41) is 0. The Balaban J connectivity index is 1.13. The van der Waals surface area contributed by atoms with Crippen LogP contribution in [0, 0.1) is 0 Å². The zero-order chi connectivity index (χ0) is 40.3. The van der Waals surface area contributed by atoms with Crippen LogP contribution < -0.4 is 0 Å². The molecule has 3 heterocycles. The van der Waals surface area contributed by atoms with Gasteiger partial charge in [0.15, 0.2) is 17.5 Å². The standard InChI is InChI=1S/C56H35N5/c1-2-20-44-43(19-1)45-21-3-6-24-49(45)56(50-25-7-4-22-46(50)47-23-5-8-26-51(47)56)52-33-40(27-28-48(44)52)55-60-53(38-15-9-13-36(31-38)41-17-11-29-57-34-41)59-54(61-55)39-16-10-14-37(32-39)42-18-12-30-58-35-42/h1-35H. The van der Waals surface area contributed by atoms with Crippen molar-refractivity contribution in [1.82, 2.24) is 24.9 Å². The van der Waals surface area contributed by atoms with E-state index in [1.165, 1.54) is 55.6 Å². The zero-order valence-corrected chi connectivity index (χ0v) is 32.9. The van der Waals surface area contributed by atoms with Gasteiger partial charge in [-0.2, -0.15) is 0 Å². The van der Waals surface area contributed by atoms with E-state index in [2.05, 4.69) is 186 Å². The minimum absolute atomic E-state index is 0.592.